The Labute approximate surface area is 96.6 Å². The molecule has 4 nitrogen and oxygen atoms in total. The van der Waals surface area contributed by atoms with Crippen LogP contribution in [0.15, 0.2) is 24.5 Å². The minimum atomic E-state index is -0.0267. The Morgan fingerprint density at radius 1 is 1.38 bits per heavy atom. The van der Waals surface area contributed by atoms with E-state index < -0.39 is 0 Å². The van der Waals surface area contributed by atoms with Crippen molar-refractivity contribution in [3.8, 4) is 0 Å². The molecule has 4 heteroatoms. The predicted molar refractivity (Wildman–Crippen MR) is 63.1 cm³/mol. The number of methoxy groups -OCH3 is 1. The maximum atomic E-state index is 11.6. The zero-order chi connectivity index (χ0) is 12.0. The Kier molecular flexibility index (Phi) is 4.55. The van der Waals surface area contributed by atoms with Crippen LogP contribution in [0.2, 0.25) is 0 Å². The van der Waals surface area contributed by atoms with Gasteiger partial charge in [-0.15, -0.1) is 0 Å². The van der Waals surface area contributed by atoms with Gasteiger partial charge in [-0.25, -0.2) is 0 Å². The van der Waals surface area contributed by atoms with Gasteiger partial charge in [-0.3, -0.25) is 4.79 Å². The number of amides is 1. The molecule has 16 heavy (non-hydrogen) atoms. The van der Waals surface area contributed by atoms with Crippen LogP contribution in [0.1, 0.15) is 13.8 Å². The molecule has 1 rings (SSSR count). The molecule has 0 aromatic carbocycles. The molecule has 0 bridgehead atoms. The first-order chi connectivity index (χ1) is 7.53. The Hall–Kier alpha value is -1.29. The maximum Gasteiger partial charge on any atom is 0.239 e. The highest BCUT2D eigenvalue weighted by molar-refractivity contribution is 5.75. The molecule has 0 saturated heterocycles. The van der Waals surface area contributed by atoms with Crippen molar-refractivity contribution in [2.75, 3.05) is 20.3 Å². The number of carbonyl (C=O) groups excluding carboxylic acids is 1. The topological polar surface area (TPSA) is 43.3 Å². The van der Waals surface area contributed by atoms with Gasteiger partial charge < -0.3 is 14.6 Å². The van der Waals surface area contributed by atoms with Crippen LogP contribution in [-0.4, -0.2) is 30.7 Å². The van der Waals surface area contributed by atoms with Gasteiger partial charge in [0.05, 0.1) is 6.61 Å². The lowest BCUT2D eigenvalue weighted by Gasteiger charge is -2.23. The van der Waals surface area contributed by atoms with Gasteiger partial charge >= 0.3 is 0 Å². The van der Waals surface area contributed by atoms with E-state index in [9.17, 15) is 4.79 Å². The SMILES string of the molecule is COCC(C)(C)CNC(=O)Cn1cccc1. The van der Waals surface area contributed by atoms with Crippen molar-refractivity contribution in [2.24, 2.45) is 5.41 Å². The van der Waals surface area contributed by atoms with Crippen LogP contribution < -0.4 is 5.32 Å². The minimum absolute atomic E-state index is 0.0267. The van der Waals surface area contributed by atoms with Gasteiger partial charge in [-0.05, 0) is 12.1 Å². The summed E-state index contributed by atoms with van der Waals surface area (Å²) in [5.74, 6) is 0.0281. The van der Waals surface area contributed by atoms with Gasteiger partial charge in [0.15, 0.2) is 0 Å². The molecule has 1 N–H and O–H groups in total. The molecule has 0 aliphatic heterocycles. The first kappa shape index (κ1) is 12.8. The number of hydrogen-bond donors (Lipinski definition) is 1. The second-order valence-electron chi connectivity index (χ2n) is 4.73. The fraction of sp³-hybridized carbons (Fsp3) is 0.583. The van der Waals surface area contributed by atoms with Gasteiger partial charge in [-0.2, -0.15) is 0 Å². The summed E-state index contributed by atoms with van der Waals surface area (Å²) in [5, 5.41) is 2.91. The molecule has 1 aromatic rings. The largest absolute Gasteiger partial charge is 0.384 e. The smallest absolute Gasteiger partial charge is 0.239 e. The third-order valence-electron chi connectivity index (χ3n) is 2.29. The van der Waals surface area contributed by atoms with Crippen molar-refractivity contribution < 1.29 is 9.53 Å². The van der Waals surface area contributed by atoms with Gasteiger partial charge in [0, 0.05) is 31.5 Å². The molecule has 0 spiro atoms. The number of nitrogens with one attached hydrogen (secondary N) is 1. The number of nitrogens with zero attached hydrogens (tertiary/aromatic N) is 1. The van der Waals surface area contributed by atoms with Crippen molar-refractivity contribution in [1.82, 2.24) is 9.88 Å². The lowest BCUT2D eigenvalue weighted by atomic mass is 9.95. The van der Waals surface area contributed by atoms with E-state index in [1.807, 2.05) is 29.1 Å². The van der Waals surface area contributed by atoms with Crippen LogP contribution in [0.3, 0.4) is 0 Å². The van der Waals surface area contributed by atoms with Crippen LogP contribution in [0.4, 0.5) is 0 Å². The van der Waals surface area contributed by atoms with Crippen molar-refractivity contribution in [3.63, 3.8) is 0 Å². The standard InChI is InChI=1S/C12H20N2O2/c1-12(2,10-16-3)9-13-11(15)8-14-6-4-5-7-14/h4-7H,8-10H2,1-3H3,(H,13,15). The Balaban J connectivity index is 2.30. The summed E-state index contributed by atoms with van der Waals surface area (Å²) in [6.45, 7) is 5.76. The summed E-state index contributed by atoms with van der Waals surface area (Å²) in [6.07, 6.45) is 3.75. The van der Waals surface area contributed by atoms with E-state index >= 15 is 0 Å². The highest BCUT2D eigenvalue weighted by atomic mass is 16.5. The van der Waals surface area contributed by atoms with E-state index in [2.05, 4.69) is 19.2 Å². The molecular weight excluding hydrogens is 204 g/mol. The average Bonchev–Trinajstić information content (AvgIpc) is 2.68. The monoisotopic (exact) mass is 224 g/mol. The van der Waals surface area contributed by atoms with Gasteiger partial charge in [0.1, 0.15) is 6.54 Å². The molecule has 90 valence electrons. The highest BCUT2D eigenvalue weighted by Crippen LogP contribution is 2.12. The quantitative estimate of drug-likeness (QED) is 0.791. The molecule has 0 fully saturated rings. The van der Waals surface area contributed by atoms with E-state index in [0.717, 1.165) is 0 Å². The summed E-state index contributed by atoms with van der Waals surface area (Å²) in [4.78, 5) is 11.6. The number of ether oxygens (including phenoxy) is 1. The first-order valence-corrected chi connectivity index (χ1v) is 5.40. The fourth-order valence-corrected chi connectivity index (χ4v) is 1.48. The summed E-state index contributed by atoms with van der Waals surface area (Å²) in [6, 6.07) is 3.81. The van der Waals surface area contributed by atoms with Crippen LogP contribution in [0.5, 0.6) is 0 Å². The number of rotatable bonds is 6. The van der Waals surface area contributed by atoms with Crippen LogP contribution in [0.25, 0.3) is 0 Å². The van der Waals surface area contributed by atoms with Crippen molar-refractivity contribution >= 4 is 5.91 Å². The predicted octanol–water partition coefficient (Wildman–Crippen LogP) is 1.28. The molecule has 0 radical (unpaired) electrons. The number of hydrogen-bond acceptors (Lipinski definition) is 2. The zero-order valence-corrected chi connectivity index (χ0v) is 10.2. The molecule has 1 aromatic heterocycles. The second kappa shape index (κ2) is 5.70. The van der Waals surface area contributed by atoms with E-state index in [1.54, 1.807) is 7.11 Å². The lowest BCUT2D eigenvalue weighted by Crippen LogP contribution is -2.37. The molecule has 0 unspecified atom stereocenters. The van der Waals surface area contributed by atoms with Crippen LogP contribution >= 0.6 is 0 Å². The fourth-order valence-electron chi connectivity index (χ4n) is 1.48. The molecular formula is C12H20N2O2. The van der Waals surface area contributed by atoms with E-state index in [0.29, 0.717) is 19.7 Å². The summed E-state index contributed by atoms with van der Waals surface area (Å²) < 4.78 is 6.93. The van der Waals surface area contributed by atoms with Crippen molar-refractivity contribution in [3.05, 3.63) is 24.5 Å². The third-order valence-corrected chi connectivity index (χ3v) is 2.29. The molecule has 0 aliphatic carbocycles. The number of carbonyl (C=O) groups is 1. The van der Waals surface area contributed by atoms with Crippen molar-refractivity contribution in [2.45, 2.75) is 20.4 Å². The summed E-state index contributed by atoms with van der Waals surface area (Å²) in [5.41, 5.74) is -0.0267. The minimum Gasteiger partial charge on any atom is -0.384 e. The third kappa shape index (κ3) is 4.49. The van der Waals surface area contributed by atoms with Gasteiger partial charge in [0.25, 0.3) is 0 Å². The normalized spacial score (nSPS) is 11.4. The summed E-state index contributed by atoms with van der Waals surface area (Å²) in [7, 11) is 1.67. The molecule has 1 amide bonds. The molecule has 0 atom stereocenters. The van der Waals surface area contributed by atoms with E-state index in [4.69, 9.17) is 4.74 Å². The van der Waals surface area contributed by atoms with Gasteiger partial charge in [-0.1, -0.05) is 13.8 Å². The van der Waals surface area contributed by atoms with E-state index in [1.165, 1.54) is 0 Å². The lowest BCUT2D eigenvalue weighted by molar-refractivity contribution is -0.122. The van der Waals surface area contributed by atoms with Crippen LogP contribution in [-0.2, 0) is 16.1 Å². The molecule has 0 aliphatic rings. The highest BCUT2D eigenvalue weighted by Gasteiger charge is 2.18. The summed E-state index contributed by atoms with van der Waals surface area (Å²) >= 11 is 0. The van der Waals surface area contributed by atoms with Crippen LogP contribution in [0, 0.1) is 5.41 Å². The van der Waals surface area contributed by atoms with E-state index in [-0.39, 0.29) is 11.3 Å². The molecule has 0 saturated carbocycles. The zero-order valence-electron chi connectivity index (χ0n) is 10.2. The Bertz CT molecular complexity index is 318. The molecule has 1 heterocycles. The van der Waals surface area contributed by atoms with Crippen molar-refractivity contribution in [1.29, 1.82) is 0 Å². The number of aromatic nitrogens is 1. The average molecular weight is 224 g/mol. The first-order valence-electron chi connectivity index (χ1n) is 5.40. The Morgan fingerprint density at radius 3 is 2.56 bits per heavy atom. The van der Waals surface area contributed by atoms with Gasteiger partial charge in [0.2, 0.25) is 5.91 Å². The second-order valence-corrected chi connectivity index (χ2v) is 4.73. The maximum absolute atomic E-state index is 11.6. The Morgan fingerprint density at radius 2 is 2.00 bits per heavy atom.